The number of aromatic nitrogens is 2. The summed E-state index contributed by atoms with van der Waals surface area (Å²) in [6.45, 7) is 1.60. The second-order valence-corrected chi connectivity index (χ2v) is 8.41. The van der Waals surface area contributed by atoms with Crippen LogP contribution in [0.15, 0.2) is 24.5 Å². The fourth-order valence-electron chi connectivity index (χ4n) is 4.22. The Kier molecular flexibility index (Phi) is 7.48. The largest absolute Gasteiger partial charge is 0.489 e. The van der Waals surface area contributed by atoms with Gasteiger partial charge in [0, 0.05) is 31.0 Å². The summed E-state index contributed by atoms with van der Waals surface area (Å²) in [5.41, 5.74) is 4.10. The first-order chi connectivity index (χ1) is 15.7. The zero-order valence-corrected chi connectivity index (χ0v) is 19.1. The van der Waals surface area contributed by atoms with Crippen LogP contribution in [0.5, 0.6) is 5.75 Å². The Morgan fingerprint density at radius 1 is 1.25 bits per heavy atom. The van der Waals surface area contributed by atoms with E-state index in [1.54, 1.807) is 0 Å². The molecule has 168 valence electrons. The SMILES string of the molecule is N#Cc1cc2c(c(Cl)c1OCCCl)CCC=C2c1cnc(N2CCC(OCO)CC2)nc1. The molecule has 9 heteroatoms. The molecule has 1 aliphatic heterocycles. The number of hydrogen-bond acceptors (Lipinski definition) is 7. The molecule has 0 saturated carbocycles. The molecular formula is C23H24Cl2N4O3. The van der Waals surface area contributed by atoms with Gasteiger partial charge in [-0.3, -0.25) is 0 Å². The van der Waals surface area contributed by atoms with Crippen LogP contribution in [-0.2, 0) is 11.2 Å². The van der Waals surface area contributed by atoms with E-state index in [0.29, 0.717) is 28.2 Å². The molecule has 2 aromatic rings. The van der Waals surface area contributed by atoms with Crippen molar-refractivity contribution in [3.05, 3.63) is 51.8 Å². The number of benzene rings is 1. The monoisotopic (exact) mass is 474 g/mol. The normalized spacial score (nSPS) is 16.3. The number of hydrogen-bond donors (Lipinski definition) is 1. The maximum absolute atomic E-state index is 9.64. The van der Waals surface area contributed by atoms with E-state index in [9.17, 15) is 5.26 Å². The number of ether oxygens (including phenoxy) is 2. The molecule has 1 saturated heterocycles. The third kappa shape index (κ3) is 4.69. The lowest BCUT2D eigenvalue weighted by Gasteiger charge is -2.31. The first-order valence-corrected chi connectivity index (χ1v) is 11.5. The van der Waals surface area contributed by atoms with Gasteiger partial charge in [0.1, 0.15) is 19.5 Å². The number of halogens is 2. The van der Waals surface area contributed by atoms with Crippen molar-refractivity contribution < 1.29 is 14.6 Å². The van der Waals surface area contributed by atoms with Crippen molar-refractivity contribution in [2.45, 2.75) is 31.8 Å². The molecule has 2 heterocycles. The maximum Gasteiger partial charge on any atom is 0.225 e. The fourth-order valence-corrected chi connectivity index (χ4v) is 4.65. The predicted octanol–water partition coefficient (Wildman–Crippen LogP) is 3.93. The molecule has 1 aromatic carbocycles. The lowest BCUT2D eigenvalue weighted by atomic mass is 9.86. The van der Waals surface area contributed by atoms with Crippen LogP contribution < -0.4 is 9.64 Å². The van der Waals surface area contributed by atoms with Gasteiger partial charge in [-0.1, -0.05) is 17.7 Å². The fraction of sp³-hybridized carbons (Fsp3) is 0.435. The van der Waals surface area contributed by atoms with Crippen molar-refractivity contribution in [1.29, 1.82) is 5.26 Å². The number of alkyl halides is 1. The first kappa shape index (κ1) is 22.8. The van der Waals surface area contributed by atoms with E-state index in [1.165, 1.54) is 0 Å². The standard InChI is InChI=1S/C23H24Cl2N4O3/c24-6-9-31-22-15(11-26)10-20-18(2-1-3-19(20)21(22)25)16-12-27-23(28-13-16)29-7-4-17(5-8-29)32-14-30/h2,10,12-13,17,30H,1,3-9,14H2. The minimum Gasteiger partial charge on any atom is -0.489 e. The van der Waals surface area contributed by atoms with Crippen LogP contribution >= 0.6 is 23.2 Å². The van der Waals surface area contributed by atoms with E-state index >= 15 is 0 Å². The quantitative estimate of drug-likeness (QED) is 0.479. The van der Waals surface area contributed by atoms with Crippen molar-refractivity contribution in [3.63, 3.8) is 0 Å². The Morgan fingerprint density at radius 2 is 2.00 bits per heavy atom. The van der Waals surface area contributed by atoms with Crippen LogP contribution in [0.3, 0.4) is 0 Å². The van der Waals surface area contributed by atoms with Gasteiger partial charge in [-0.15, -0.1) is 11.6 Å². The number of anilines is 1. The summed E-state index contributed by atoms with van der Waals surface area (Å²) in [4.78, 5) is 11.3. The minimum atomic E-state index is -0.246. The number of nitriles is 1. The van der Waals surface area contributed by atoms with Crippen molar-refractivity contribution in [1.82, 2.24) is 9.97 Å². The average Bonchev–Trinajstić information content (AvgIpc) is 2.84. The molecule has 7 nitrogen and oxygen atoms in total. The van der Waals surface area contributed by atoms with Gasteiger partial charge in [-0.2, -0.15) is 5.26 Å². The third-order valence-electron chi connectivity index (χ3n) is 5.78. The number of fused-ring (bicyclic) bond motifs is 1. The Bertz CT molecular complexity index is 1030. The second-order valence-electron chi connectivity index (χ2n) is 7.65. The number of piperidine rings is 1. The van der Waals surface area contributed by atoms with Gasteiger partial charge in [0.15, 0.2) is 5.75 Å². The van der Waals surface area contributed by atoms with Crippen LogP contribution in [0.4, 0.5) is 5.95 Å². The first-order valence-electron chi connectivity index (χ1n) is 10.6. The van der Waals surface area contributed by atoms with E-state index in [0.717, 1.165) is 61.0 Å². The molecule has 2 aliphatic rings. The van der Waals surface area contributed by atoms with E-state index in [1.807, 2.05) is 18.5 Å². The number of rotatable bonds is 7. The van der Waals surface area contributed by atoms with Gasteiger partial charge in [0.25, 0.3) is 0 Å². The minimum absolute atomic E-state index is 0.0804. The van der Waals surface area contributed by atoms with Crippen LogP contribution in [-0.4, -0.2) is 53.5 Å². The van der Waals surface area contributed by atoms with Crippen molar-refractivity contribution in [2.24, 2.45) is 0 Å². The molecule has 1 aromatic heterocycles. The van der Waals surface area contributed by atoms with Crippen LogP contribution in [0.2, 0.25) is 5.02 Å². The third-order valence-corrected chi connectivity index (χ3v) is 6.34. The summed E-state index contributed by atoms with van der Waals surface area (Å²) in [7, 11) is 0. The number of allylic oxidation sites excluding steroid dienone is 1. The molecule has 0 amide bonds. The van der Waals surface area contributed by atoms with E-state index in [-0.39, 0.29) is 19.5 Å². The number of aliphatic hydroxyl groups excluding tert-OH is 1. The van der Waals surface area contributed by atoms with Gasteiger partial charge in [0.05, 0.1) is 22.6 Å². The Morgan fingerprint density at radius 3 is 2.66 bits per heavy atom. The Hall–Kier alpha value is -2.37. The van der Waals surface area contributed by atoms with Gasteiger partial charge in [0.2, 0.25) is 5.95 Å². The number of nitrogens with zero attached hydrogens (tertiary/aromatic N) is 4. The van der Waals surface area contributed by atoms with Gasteiger partial charge < -0.3 is 19.5 Å². The van der Waals surface area contributed by atoms with Gasteiger partial charge >= 0.3 is 0 Å². The van der Waals surface area contributed by atoms with Crippen molar-refractivity contribution in [2.75, 3.05) is 37.3 Å². The Labute approximate surface area is 197 Å². The lowest BCUT2D eigenvalue weighted by Crippen LogP contribution is -2.38. The van der Waals surface area contributed by atoms with E-state index in [2.05, 4.69) is 27.0 Å². The summed E-state index contributed by atoms with van der Waals surface area (Å²) >= 11 is 12.4. The van der Waals surface area contributed by atoms with Gasteiger partial charge in [-0.05, 0) is 48.4 Å². The second kappa shape index (κ2) is 10.5. The van der Waals surface area contributed by atoms with Crippen LogP contribution in [0.25, 0.3) is 5.57 Å². The Balaban J connectivity index is 1.57. The molecular weight excluding hydrogens is 451 g/mol. The molecule has 0 unspecified atom stereocenters. The summed E-state index contributed by atoms with van der Waals surface area (Å²) in [5.74, 6) is 1.39. The van der Waals surface area contributed by atoms with Gasteiger partial charge in [-0.25, -0.2) is 9.97 Å². The molecule has 1 aliphatic carbocycles. The van der Waals surface area contributed by atoms with Crippen molar-refractivity contribution >= 4 is 34.7 Å². The van der Waals surface area contributed by atoms with Crippen LogP contribution in [0, 0.1) is 11.3 Å². The van der Waals surface area contributed by atoms with Crippen molar-refractivity contribution in [3.8, 4) is 11.8 Å². The molecule has 0 spiro atoms. The summed E-state index contributed by atoms with van der Waals surface area (Å²) in [5, 5.41) is 19.0. The molecule has 4 rings (SSSR count). The molecule has 0 atom stereocenters. The molecule has 1 fully saturated rings. The highest BCUT2D eigenvalue weighted by atomic mass is 35.5. The number of aliphatic hydroxyl groups is 1. The highest BCUT2D eigenvalue weighted by Gasteiger charge is 2.24. The zero-order chi connectivity index (χ0) is 22.5. The smallest absolute Gasteiger partial charge is 0.225 e. The van der Waals surface area contributed by atoms with E-state index < -0.39 is 0 Å². The highest BCUT2D eigenvalue weighted by molar-refractivity contribution is 6.33. The molecule has 0 bridgehead atoms. The lowest BCUT2D eigenvalue weighted by molar-refractivity contribution is -0.0578. The van der Waals surface area contributed by atoms with Crippen LogP contribution in [0.1, 0.15) is 41.5 Å². The average molecular weight is 475 g/mol. The highest BCUT2D eigenvalue weighted by Crippen LogP contribution is 2.41. The maximum atomic E-state index is 9.64. The molecule has 1 N–H and O–H groups in total. The summed E-state index contributed by atoms with van der Waals surface area (Å²) in [6, 6.07) is 4.02. The summed E-state index contributed by atoms with van der Waals surface area (Å²) < 4.78 is 11.0. The molecule has 0 radical (unpaired) electrons. The molecule has 32 heavy (non-hydrogen) atoms. The predicted molar refractivity (Wildman–Crippen MR) is 123 cm³/mol. The topological polar surface area (TPSA) is 91.5 Å². The van der Waals surface area contributed by atoms with E-state index in [4.69, 9.17) is 37.8 Å². The zero-order valence-electron chi connectivity index (χ0n) is 17.6. The summed E-state index contributed by atoms with van der Waals surface area (Å²) in [6.07, 6.45) is 9.09.